The van der Waals surface area contributed by atoms with Gasteiger partial charge in [0.25, 0.3) is 0 Å². The van der Waals surface area contributed by atoms with Crippen molar-refractivity contribution in [3.63, 3.8) is 0 Å². The van der Waals surface area contributed by atoms with E-state index in [1.165, 1.54) is 11.3 Å². The second-order valence-electron chi connectivity index (χ2n) is 2.25. The molecule has 12 heavy (non-hydrogen) atoms. The summed E-state index contributed by atoms with van der Waals surface area (Å²) >= 11 is 7.35. The third kappa shape index (κ3) is 2.92. The predicted molar refractivity (Wildman–Crippen MR) is 55.2 cm³/mol. The fourth-order valence-electron chi connectivity index (χ4n) is 0.840. The van der Waals surface area contributed by atoms with Gasteiger partial charge in [0.1, 0.15) is 0 Å². The molecule has 0 unspecified atom stereocenters. The van der Waals surface area contributed by atoms with Crippen LogP contribution in [0.3, 0.4) is 0 Å². The molecule has 0 bridgehead atoms. The van der Waals surface area contributed by atoms with Crippen LogP contribution in [0.15, 0.2) is 11.4 Å². The lowest BCUT2D eigenvalue weighted by Gasteiger charge is -2.06. The van der Waals surface area contributed by atoms with Crippen molar-refractivity contribution in [2.45, 2.75) is 12.5 Å². The molecule has 0 fully saturated rings. The molecule has 0 saturated carbocycles. The molecule has 1 rings (SSSR count). The minimum Gasteiger partial charge on any atom is -0.396 e. The average molecular weight is 228 g/mol. The van der Waals surface area contributed by atoms with Gasteiger partial charge in [0.15, 0.2) is 0 Å². The van der Waals surface area contributed by atoms with E-state index in [0.717, 1.165) is 4.88 Å². The maximum Gasteiger partial charge on any atom is 0.0561 e. The minimum absolute atomic E-state index is 0. The van der Waals surface area contributed by atoms with Crippen LogP contribution >= 0.6 is 35.3 Å². The van der Waals surface area contributed by atoms with Gasteiger partial charge in [-0.05, 0) is 17.9 Å². The highest BCUT2D eigenvalue weighted by atomic mass is 35.5. The van der Waals surface area contributed by atoms with E-state index in [2.05, 4.69) is 0 Å². The smallest absolute Gasteiger partial charge is 0.0561 e. The molecular weight excluding hydrogens is 217 g/mol. The largest absolute Gasteiger partial charge is 0.396 e. The van der Waals surface area contributed by atoms with Crippen LogP contribution < -0.4 is 5.73 Å². The first-order valence-corrected chi connectivity index (χ1v) is 4.60. The number of hydrogen-bond acceptors (Lipinski definition) is 3. The minimum atomic E-state index is -0.118. The van der Waals surface area contributed by atoms with E-state index in [1.807, 2.05) is 11.4 Å². The number of thiophene rings is 1. The second kappa shape index (κ2) is 5.78. The Morgan fingerprint density at radius 1 is 1.67 bits per heavy atom. The molecule has 70 valence electrons. The Hall–Kier alpha value is 0.200. The quantitative estimate of drug-likeness (QED) is 0.833. The normalized spacial score (nSPS) is 12.2. The Balaban J connectivity index is 0.00000121. The molecule has 2 nitrogen and oxygen atoms in total. The van der Waals surface area contributed by atoms with Gasteiger partial charge in [0, 0.05) is 17.5 Å². The van der Waals surface area contributed by atoms with Gasteiger partial charge in [-0.15, -0.1) is 23.7 Å². The Morgan fingerprint density at radius 3 is 2.75 bits per heavy atom. The summed E-state index contributed by atoms with van der Waals surface area (Å²) in [5.74, 6) is 0. The van der Waals surface area contributed by atoms with E-state index < -0.39 is 0 Å². The maximum atomic E-state index is 8.61. The lowest BCUT2D eigenvalue weighted by molar-refractivity contribution is 0.277. The number of hydrogen-bond donors (Lipinski definition) is 2. The fourth-order valence-corrected chi connectivity index (χ4v) is 2.08. The summed E-state index contributed by atoms with van der Waals surface area (Å²) in [5, 5.41) is 11.2. The van der Waals surface area contributed by atoms with Crippen LogP contribution in [0.5, 0.6) is 0 Å². The molecule has 5 heteroatoms. The summed E-state index contributed by atoms with van der Waals surface area (Å²) in [5.41, 5.74) is 5.72. The van der Waals surface area contributed by atoms with Gasteiger partial charge in [0.2, 0.25) is 0 Å². The molecule has 0 aromatic carbocycles. The number of aliphatic hydroxyl groups is 1. The van der Waals surface area contributed by atoms with E-state index >= 15 is 0 Å². The van der Waals surface area contributed by atoms with E-state index in [1.54, 1.807) is 0 Å². The molecule has 3 N–H and O–H groups in total. The van der Waals surface area contributed by atoms with Crippen molar-refractivity contribution >= 4 is 35.3 Å². The zero-order valence-electron chi connectivity index (χ0n) is 6.37. The number of rotatable bonds is 3. The Kier molecular flexibility index (Phi) is 5.88. The molecule has 0 aliphatic heterocycles. The molecule has 1 aromatic rings. The molecule has 1 aromatic heterocycles. The van der Waals surface area contributed by atoms with Crippen molar-refractivity contribution in [2.75, 3.05) is 6.61 Å². The van der Waals surface area contributed by atoms with Crippen molar-refractivity contribution in [1.29, 1.82) is 0 Å². The zero-order chi connectivity index (χ0) is 8.27. The van der Waals surface area contributed by atoms with Gasteiger partial charge in [-0.25, -0.2) is 0 Å². The van der Waals surface area contributed by atoms with Crippen LogP contribution in [0.1, 0.15) is 17.3 Å². The van der Waals surface area contributed by atoms with Crippen molar-refractivity contribution in [2.24, 2.45) is 5.73 Å². The highest BCUT2D eigenvalue weighted by molar-refractivity contribution is 7.10. The van der Waals surface area contributed by atoms with Crippen LogP contribution in [-0.2, 0) is 0 Å². The summed E-state index contributed by atoms with van der Waals surface area (Å²) in [7, 11) is 0. The van der Waals surface area contributed by atoms with E-state index in [9.17, 15) is 0 Å². The zero-order valence-corrected chi connectivity index (χ0v) is 8.75. The molecular formula is C7H11Cl2NOS. The van der Waals surface area contributed by atoms with Crippen LogP contribution in [0.4, 0.5) is 0 Å². The van der Waals surface area contributed by atoms with E-state index in [-0.39, 0.29) is 25.1 Å². The monoisotopic (exact) mass is 227 g/mol. The van der Waals surface area contributed by atoms with Gasteiger partial charge in [-0.1, -0.05) is 11.6 Å². The van der Waals surface area contributed by atoms with Gasteiger partial charge < -0.3 is 10.8 Å². The van der Waals surface area contributed by atoms with Crippen LogP contribution in [0.25, 0.3) is 0 Å². The van der Waals surface area contributed by atoms with Crippen molar-refractivity contribution in [1.82, 2.24) is 0 Å². The number of aliphatic hydroxyl groups excluding tert-OH is 1. The van der Waals surface area contributed by atoms with Gasteiger partial charge >= 0.3 is 0 Å². The van der Waals surface area contributed by atoms with E-state index in [4.69, 9.17) is 22.4 Å². The SMILES string of the molecule is Cl.N[C@H](CCO)c1sccc1Cl. The third-order valence-electron chi connectivity index (χ3n) is 1.42. The Bertz CT molecular complexity index is 229. The Morgan fingerprint density at radius 2 is 2.33 bits per heavy atom. The van der Waals surface area contributed by atoms with Gasteiger partial charge in [-0.3, -0.25) is 0 Å². The lowest BCUT2D eigenvalue weighted by atomic mass is 10.2. The van der Waals surface area contributed by atoms with Crippen LogP contribution in [0, 0.1) is 0 Å². The van der Waals surface area contributed by atoms with E-state index in [0.29, 0.717) is 11.4 Å². The molecule has 1 heterocycles. The lowest BCUT2D eigenvalue weighted by Crippen LogP contribution is -2.10. The molecule has 1 atom stereocenters. The van der Waals surface area contributed by atoms with Crippen molar-refractivity contribution < 1.29 is 5.11 Å². The highest BCUT2D eigenvalue weighted by Gasteiger charge is 2.09. The number of halogens is 2. The van der Waals surface area contributed by atoms with Gasteiger partial charge in [0.05, 0.1) is 5.02 Å². The first-order valence-electron chi connectivity index (χ1n) is 3.35. The number of nitrogens with two attached hydrogens (primary N) is 1. The summed E-state index contributed by atoms with van der Waals surface area (Å²) in [4.78, 5) is 0.959. The summed E-state index contributed by atoms with van der Waals surface area (Å²) < 4.78 is 0. The molecule has 0 radical (unpaired) electrons. The third-order valence-corrected chi connectivity index (χ3v) is 2.91. The molecule has 0 saturated heterocycles. The van der Waals surface area contributed by atoms with Crippen molar-refractivity contribution in [3.05, 3.63) is 21.3 Å². The first kappa shape index (κ1) is 12.2. The topological polar surface area (TPSA) is 46.2 Å². The molecule has 0 aliphatic carbocycles. The highest BCUT2D eigenvalue weighted by Crippen LogP contribution is 2.28. The summed E-state index contributed by atoms with van der Waals surface area (Å²) in [6.45, 7) is 0.107. The first-order chi connectivity index (χ1) is 5.25. The molecule has 0 amide bonds. The Labute approximate surface area is 86.8 Å². The van der Waals surface area contributed by atoms with Gasteiger partial charge in [-0.2, -0.15) is 0 Å². The maximum absolute atomic E-state index is 8.61. The fraction of sp³-hybridized carbons (Fsp3) is 0.429. The van der Waals surface area contributed by atoms with Crippen molar-refractivity contribution in [3.8, 4) is 0 Å². The van der Waals surface area contributed by atoms with Crippen LogP contribution in [0.2, 0.25) is 5.02 Å². The molecule has 0 spiro atoms. The standard InChI is InChI=1S/C7H10ClNOS.ClH/c8-5-2-4-11-7(5)6(9)1-3-10;/h2,4,6,10H,1,3,9H2;1H/t6-;/m1./s1. The van der Waals surface area contributed by atoms with Crippen LogP contribution in [-0.4, -0.2) is 11.7 Å². The predicted octanol–water partition coefficient (Wildman–Crippen LogP) is 2.21. The average Bonchev–Trinajstić information content (AvgIpc) is 2.36. The molecule has 0 aliphatic rings. The second-order valence-corrected chi connectivity index (χ2v) is 3.61. The summed E-state index contributed by atoms with van der Waals surface area (Å²) in [6.07, 6.45) is 0.570. The summed E-state index contributed by atoms with van der Waals surface area (Å²) in [6, 6.07) is 1.70.